The highest BCUT2D eigenvalue weighted by Crippen LogP contribution is 2.37. The van der Waals surface area contributed by atoms with E-state index in [4.69, 9.17) is 16.6 Å². The number of nitrogens with one attached hydrogen (secondary N) is 1. The molecule has 1 aromatic heterocycles. The second-order valence-corrected chi connectivity index (χ2v) is 10.2. The van der Waals surface area contributed by atoms with Gasteiger partial charge in [-0.15, -0.1) is 0 Å². The van der Waals surface area contributed by atoms with Crippen molar-refractivity contribution in [3.05, 3.63) is 129 Å². The number of fused-ring (bicyclic) bond motifs is 1. The van der Waals surface area contributed by atoms with Gasteiger partial charge in [0.1, 0.15) is 5.25 Å². The molecule has 37 heavy (non-hydrogen) atoms. The minimum absolute atomic E-state index is 0.181. The lowest BCUT2D eigenvalue weighted by atomic mass is 10.1. The average molecular weight is 526 g/mol. The molecule has 0 aliphatic rings. The molecule has 1 amide bonds. The Kier molecular flexibility index (Phi) is 7.12. The van der Waals surface area contributed by atoms with Crippen LogP contribution < -0.4 is 10.9 Å². The summed E-state index contributed by atoms with van der Waals surface area (Å²) < 4.78 is 1.61. The van der Waals surface area contributed by atoms with E-state index in [1.54, 1.807) is 16.7 Å². The van der Waals surface area contributed by atoms with Crippen LogP contribution in [-0.4, -0.2) is 15.5 Å². The first-order chi connectivity index (χ1) is 17.9. The molecular formula is C30H24ClN3O2S. The third-order valence-electron chi connectivity index (χ3n) is 6.10. The number of carbonyl (C=O) groups excluding carboxylic acids is 1. The number of anilines is 1. The number of carbonyl (C=O) groups is 1. The fourth-order valence-corrected chi connectivity index (χ4v) is 5.39. The molecule has 5 rings (SSSR count). The molecule has 1 N–H and O–H groups in total. The van der Waals surface area contributed by atoms with Gasteiger partial charge in [0, 0.05) is 10.7 Å². The third kappa shape index (κ3) is 5.17. The lowest BCUT2D eigenvalue weighted by Crippen LogP contribution is -2.25. The highest BCUT2D eigenvalue weighted by Gasteiger charge is 2.26. The second kappa shape index (κ2) is 10.6. The molecule has 0 saturated carbocycles. The summed E-state index contributed by atoms with van der Waals surface area (Å²) in [6, 6.07) is 29.8. The summed E-state index contributed by atoms with van der Waals surface area (Å²) in [7, 11) is 0. The lowest BCUT2D eigenvalue weighted by molar-refractivity contribution is -0.115. The Balaban J connectivity index is 1.64. The van der Waals surface area contributed by atoms with Crippen molar-refractivity contribution in [2.75, 3.05) is 5.32 Å². The molecule has 0 fully saturated rings. The molecule has 0 bridgehead atoms. The van der Waals surface area contributed by atoms with Gasteiger partial charge in [-0.05, 0) is 60.9 Å². The maximum absolute atomic E-state index is 13.7. The summed E-state index contributed by atoms with van der Waals surface area (Å²) in [4.78, 5) is 32.3. The summed E-state index contributed by atoms with van der Waals surface area (Å²) in [6.45, 7) is 3.86. The number of aryl methyl sites for hydroxylation is 2. The van der Waals surface area contributed by atoms with Gasteiger partial charge in [0.05, 0.1) is 16.6 Å². The van der Waals surface area contributed by atoms with Gasteiger partial charge in [0.15, 0.2) is 5.16 Å². The Morgan fingerprint density at radius 1 is 0.892 bits per heavy atom. The Hall–Kier alpha value is -3.87. The molecule has 0 aliphatic heterocycles. The Labute approximate surface area is 224 Å². The van der Waals surface area contributed by atoms with Crippen LogP contribution in [0.25, 0.3) is 16.6 Å². The number of hydrogen-bond acceptors (Lipinski definition) is 4. The molecule has 1 unspecified atom stereocenters. The van der Waals surface area contributed by atoms with E-state index in [0.717, 1.165) is 22.4 Å². The summed E-state index contributed by atoms with van der Waals surface area (Å²) >= 11 is 7.54. The molecule has 5 nitrogen and oxygen atoms in total. The Bertz CT molecular complexity index is 1670. The van der Waals surface area contributed by atoms with Crippen LogP contribution in [0.15, 0.2) is 107 Å². The van der Waals surface area contributed by atoms with E-state index in [-0.39, 0.29) is 11.5 Å². The summed E-state index contributed by atoms with van der Waals surface area (Å²) in [5.41, 5.74) is 4.38. The topological polar surface area (TPSA) is 64.0 Å². The van der Waals surface area contributed by atoms with Crippen LogP contribution in [0.2, 0.25) is 5.02 Å². The van der Waals surface area contributed by atoms with Crippen LogP contribution in [0.1, 0.15) is 21.9 Å². The SMILES string of the molecule is Cc1ccc(NC(=O)C(Sc2nc3ccccc3c(=O)n2-c2ccccc2C)c2ccccc2)cc1Cl. The van der Waals surface area contributed by atoms with Crippen LogP contribution >= 0.6 is 23.4 Å². The first-order valence-electron chi connectivity index (χ1n) is 11.8. The van der Waals surface area contributed by atoms with Crippen LogP contribution in [0.5, 0.6) is 0 Å². The molecule has 0 saturated heterocycles. The van der Waals surface area contributed by atoms with E-state index in [0.29, 0.717) is 26.8 Å². The summed E-state index contributed by atoms with van der Waals surface area (Å²) in [5, 5.41) is 3.84. The van der Waals surface area contributed by atoms with Gasteiger partial charge in [0.25, 0.3) is 5.56 Å². The van der Waals surface area contributed by atoms with Crippen molar-refractivity contribution in [2.45, 2.75) is 24.3 Å². The number of aromatic nitrogens is 2. The van der Waals surface area contributed by atoms with Gasteiger partial charge in [-0.2, -0.15) is 0 Å². The van der Waals surface area contributed by atoms with Gasteiger partial charge in [-0.3, -0.25) is 14.2 Å². The van der Waals surface area contributed by atoms with E-state index in [1.165, 1.54) is 11.8 Å². The average Bonchev–Trinajstić information content (AvgIpc) is 2.91. The van der Waals surface area contributed by atoms with Crippen molar-refractivity contribution in [1.82, 2.24) is 9.55 Å². The van der Waals surface area contributed by atoms with E-state index in [2.05, 4.69) is 5.32 Å². The molecule has 0 aliphatic carbocycles. The van der Waals surface area contributed by atoms with Crippen molar-refractivity contribution < 1.29 is 4.79 Å². The molecule has 7 heteroatoms. The maximum atomic E-state index is 13.7. The largest absolute Gasteiger partial charge is 0.325 e. The number of rotatable bonds is 6. The summed E-state index contributed by atoms with van der Waals surface area (Å²) in [6.07, 6.45) is 0. The number of halogens is 1. The van der Waals surface area contributed by atoms with Crippen molar-refractivity contribution >= 4 is 45.9 Å². The molecule has 1 atom stereocenters. The van der Waals surface area contributed by atoms with Gasteiger partial charge in [-0.1, -0.05) is 90.1 Å². The molecule has 4 aromatic carbocycles. The molecule has 0 radical (unpaired) electrons. The standard InChI is InChI=1S/C30H24ClN3O2S/c1-19-16-17-22(18-24(19)31)32-28(35)27(21-11-4-3-5-12-21)37-30-33-25-14-8-7-13-23(25)29(36)34(30)26-15-9-6-10-20(26)2/h3-18,27H,1-2H3,(H,32,35). The van der Waals surface area contributed by atoms with Gasteiger partial charge >= 0.3 is 0 Å². The zero-order chi connectivity index (χ0) is 25.9. The third-order valence-corrected chi connectivity index (χ3v) is 7.72. The molecular weight excluding hydrogens is 502 g/mol. The van der Waals surface area contributed by atoms with Crippen LogP contribution in [-0.2, 0) is 4.79 Å². The lowest BCUT2D eigenvalue weighted by Gasteiger charge is -2.20. The zero-order valence-electron chi connectivity index (χ0n) is 20.3. The molecule has 1 heterocycles. The zero-order valence-corrected chi connectivity index (χ0v) is 21.9. The first-order valence-corrected chi connectivity index (χ1v) is 13.0. The fraction of sp³-hybridized carbons (Fsp3) is 0.100. The van der Waals surface area contributed by atoms with Gasteiger partial charge < -0.3 is 5.32 Å². The van der Waals surface area contributed by atoms with E-state index in [1.807, 2.05) is 98.8 Å². The van der Waals surface area contributed by atoms with Crippen molar-refractivity contribution in [2.24, 2.45) is 0 Å². The quantitative estimate of drug-likeness (QED) is 0.189. The number of thioether (sulfide) groups is 1. The molecule has 184 valence electrons. The Morgan fingerprint density at radius 2 is 1.59 bits per heavy atom. The minimum atomic E-state index is -0.676. The van der Waals surface area contributed by atoms with Crippen molar-refractivity contribution in [3.8, 4) is 5.69 Å². The van der Waals surface area contributed by atoms with Gasteiger partial charge in [-0.25, -0.2) is 4.98 Å². The van der Waals surface area contributed by atoms with Crippen LogP contribution in [0.4, 0.5) is 5.69 Å². The van der Waals surface area contributed by atoms with E-state index < -0.39 is 5.25 Å². The highest BCUT2D eigenvalue weighted by molar-refractivity contribution is 8.00. The molecule has 0 spiro atoms. The van der Waals surface area contributed by atoms with Crippen molar-refractivity contribution in [1.29, 1.82) is 0 Å². The maximum Gasteiger partial charge on any atom is 0.266 e. The smallest absolute Gasteiger partial charge is 0.266 e. The summed E-state index contributed by atoms with van der Waals surface area (Å²) in [5.74, 6) is -0.241. The molecule has 5 aromatic rings. The number of para-hydroxylation sites is 2. The predicted molar refractivity (Wildman–Crippen MR) is 152 cm³/mol. The normalized spacial score (nSPS) is 11.9. The fourth-order valence-electron chi connectivity index (χ4n) is 4.10. The minimum Gasteiger partial charge on any atom is -0.325 e. The monoisotopic (exact) mass is 525 g/mol. The van der Waals surface area contributed by atoms with Crippen LogP contribution in [0, 0.1) is 13.8 Å². The first kappa shape index (κ1) is 24.8. The number of hydrogen-bond donors (Lipinski definition) is 1. The highest BCUT2D eigenvalue weighted by atomic mass is 35.5. The van der Waals surface area contributed by atoms with E-state index >= 15 is 0 Å². The van der Waals surface area contributed by atoms with Crippen LogP contribution in [0.3, 0.4) is 0 Å². The van der Waals surface area contributed by atoms with E-state index in [9.17, 15) is 9.59 Å². The van der Waals surface area contributed by atoms with Crippen molar-refractivity contribution in [3.63, 3.8) is 0 Å². The second-order valence-electron chi connectivity index (χ2n) is 8.70. The predicted octanol–water partition coefficient (Wildman–Crippen LogP) is 7.13. The Morgan fingerprint density at radius 3 is 2.35 bits per heavy atom. The van der Waals surface area contributed by atoms with Gasteiger partial charge in [0.2, 0.25) is 5.91 Å². The number of nitrogens with zero attached hydrogens (tertiary/aromatic N) is 2. The number of benzene rings is 4. The number of amides is 1.